The Labute approximate surface area is 133 Å². The average molecular weight is 304 g/mol. The van der Waals surface area contributed by atoms with Crippen molar-refractivity contribution in [3.05, 3.63) is 35.4 Å². The predicted molar refractivity (Wildman–Crippen MR) is 90.0 cm³/mol. The molecular weight excluding hydrogens is 276 g/mol. The molecule has 1 aromatic carbocycles. The molecule has 0 aromatic heterocycles. The first-order valence-electron chi connectivity index (χ1n) is 7.92. The second-order valence-corrected chi connectivity index (χ2v) is 6.77. The molecule has 2 N–H and O–H groups in total. The van der Waals surface area contributed by atoms with Gasteiger partial charge in [0, 0.05) is 11.6 Å². The molecule has 0 radical (unpaired) electrons. The van der Waals surface area contributed by atoms with E-state index in [9.17, 15) is 9.59 Å². The third kappa shape index (κ3) is 5.88. The van der Waals surface area contributed by atoms with Gasteiger partial charge in [0.15, 0.2) is 0 Å². The third-order valence-electron chi connectivity index (χ3n) is 3.55. The molecule has 0 aliphatic carbocycles. The molecule has 0 aliphatic rings. The lowest BCUT2D eigenvalue weighted by Crippen LogP contribution is -2.40. The fourth-order valence-electron chi connectivity index (χ4n) is 2.22. The normalized spacial score (nSPS) is 12.6. The number of benzene rings is 1. The first-order valence-corrected chi connectivity index (χ1v) is 7.92. The molecule has 1 unspecified atom stereocenters. The number of nitrogens with one attached hydrogen (secondary N) is 2. The van der Waals surface area contributed by atoms with Crippen LogP contribution in [0.4, 0.5) is 0 Å². The summed E-state index contributed by atoms with van der Waals surface area (Å²) in [7, 11) is 0. The van der Waals surface area contributed by atoms with Gasteiger partial charge in [0.05, 0.1) is 6.54 Å². The Bertz CT molecular complexity index is 501. The highest BCUT2D eigenvalue weighted by Gasteiger charge is 2.14. The quantitative estimate of drug-likeness (QED) is 0.848. The van der Waals surface area contributed by atoms with Gasteiger partial charge in [0.1, 0.15) is 0 Å². The van der Waals surface area contributed by atoms with Crippen LogP contribution in [-0.4, -0.2) is 24.4 Å². The van der Waals surface area contributed by atoms with Gasteiger partial charge in [-0.1, -0.05) is 46.2 Å². The second kappa shape index (κ2) is 7.97. The van der Waals surface area contributed by atoms with Crippen LogP contribution in [0.3, 0.4) is 0 Å². The summed E-state index contributed by atoms with van der Waals surface area (Å²) in [5, 5.41) is 5.52. The zero-order valence-corrected chi connectivity index (χ0v) is 14.3. The smallest absolute Gasteiger partial charge is 0.251 e. The number of amides is 2. The van der Waals surface area contributed by atoms with Gasteiger partial charge in [-0.2, -0.15) is 0 Å². The first-order chi connectivity index (χ1) is 10.2. The van der Waals surface area contributed by atoms with Gasteiger partial charge in [0.25, 0.3) is 5.91 Å². The lowest BCUT2D eigenvalue weighted by atomic mass is 9.87. The largest absolute Gasteiger partial charge is 0.352 e. The van der Waals surface area contributed by atoms with Gasteiger partial charge < -0.3 is 10.6 Å². The number of hydrogen-bond acceptors (Lipinski definition) is 2. The van der Waals surface area contributed by atoms with Crippen molar-refractivity contribution in [1.29, 1.82) is 0 Å². The Kier molecular flexibility index (Phi) is 6.60. The van der Waals surface area contributed by atoms with Crippen molar-refractivity contribution in [2.75, 3.05) is 6.54 Å². The van der Waals surface area contributed by atoms with Crippen molar-refractivity contribution < 1.29 is 9.59 Å². The minimum absolute atomic E-state index is 0.00785. The highest BCUT2D eigenvalue weighted by molar-refractivity contribution is 5.96. The van der Waals surface area contributed by atoms with E-state index in [1.165, 1.54) is 5.56 Å². The summed E-state index contributed by atoms with van der Waals surface area (Å²) < 4.78 is 0. The molecule has 4 nitrogen and oxygen atoms in total. The maximum Gasteiger partial charge on any atom is 0.251 e. The van der Waals surface area contributed by atoms with Crippen molar-refractivity contribution in [2.24, 2.45) is 0 Å². The molecular formula is C18H28N2O2. The van der Waals surface area contributed by atoms with Gasteiger partial charge in [-0.15, -0.1) is 0 Å². The molecule has 2 amide bonds. The summed E-state index contributed by atoms with van der Waals surface area (Å²) >= 11 is 0. The summed E-state index contributed by atoms with van der Waals surface area (Å²) in [6, 6.07) is 7.65. The Balaban J connectivity index is 2.50. The number of rotatable bonds is 6. The van der Waals surface area contributed by atoms with Gasteiger partial charge in [-0.25, -0.2) is 0 Å². The van der Waals surface area contributed by atoms with Crippen LogP contribution >= 0.6 is 0 Å². The average Bonchev–Trinajstić information content (AvgIpc) is 2.44. The van der Waals surface area contributed by atoms with Gasteiger partial charge >= 0.3 is 0 Å². The molecule has 0 saturated carbocycles. The molecule has 22 heavy (non-hydrogen) atoms. The molecule has 0 spiro atoms. The minimum atomic E-state index is -0.223. The lowest BCUT2D eigenvalue weighted by molar-refractivity contribution is -0.120. The van der Waals surface area contributed by atoms with Crippen LogP contribution in [0.1, 0.15) is 63.4 Å². The molecule has 0 saturated heterocycles. The van der Waals surface area contributed by atoms with Crippen LogP contribution in [0.5, 0.6) is 0 Å². The van der Waals surface area contributed by atoms with E-state index in [0.717, 1.165) is 12.8 Å². The van der Waals surface area contributed by atoms with Crippen LogP contribution in [0.2, 0.25) is 0 Å². The standard InChI is InChI=1S/C18H28N2O2/c1-6-7-13(2)20-16(21)12-19-17(22)14-8-10-15(11-9-14)18(3,4)5/h8-11,13H,6-7,12H2,1-5H3,(H,19,22)(H,20,21). The highest BCUT2D eigenvalue weighted by Crippen LogP contribution is 2.22. The van der Waals surface area contributed by atoms with E-state index < -0.39 is 0 Å². The summed E-state index contributed by atoms with van der Waals surface area (Å²) in [6.45, 7) is 10.4. The molecule has 0 bridgehead atoms. The zero-order chi connectivity index (χ0) is 16.8. The third-order valence-corrected chi connectivity index (χ3v) is 3.55. The summed E-state index contributed by atoms with van der Waals surface area (Å²) in [4.78, 5) is 23.8. The minimum Gasteiger partial charge on any atom is -0.352 e. The van der Waals surface area contributed by atoms with E-state index >= 15 is 0 Å². The van der Waals surface area contributed by atoms with Crippen LogP contribution in [0, 0.1) is 0 Å². The van der Waals surface area contributed by atoms with Crippen LogP contribution in [0.25, 0.3) is 0 Å². The zero-order valence-electron chi connectivity index (χ0n) is 14.3. The monoisotopic (exact) mass is 304 g/mol. The van der Waals surface area contributed by atoms with E-state index in [2.05, 4.69) is 38.3 Å². The van der Waals surface area contributed by atoms with E-state index in [4.69, 9.17) is 0 Å². The number of carbonyl (C=O) groups excluding carboxylic acids is 2. The molecule has 122 valence electrons. The topological polar surface area (TPSA) is 58.2 Å². The van der Waals surface area contributed by atoms with Gasteiger partial charge in [-0.3, -0.25) is 9.59 Å². The predicted octanol–water partition coefficient (Wildman–Crippen LogP) is 3.02. The van der Waals surface area contributed by atoms with Crippen molar-refractivity contribution in [3.63, 3.8) is 0 Å². The molecule has 1 atom stereocenters. The highest BCUT2D eigenvalue weighted by atomic mass is 16.2. The SMILES string of the molecule is CCCC(C)NC(=O)CNC(=O)c1ccc(C(C)(C)C)cc1. The fourth-order valence-corrected chi connectivity index (χ4v) is 2.22. The van der Waals surface area contributed by atoms with Crippen LogP contribution in [-0.2, 0) is 10.2 Å². The van der Waals surface area contributed by atoms with E-state index in [0.29, 0.717) is 5.56 Å². The number of carbonyl (C=O) groups is 2. The molecule has 1 rings (SSSR count). The molecule has 1 aromatic rings. The Morgan fingerprint density at radius 2 is 1.73 bits per heavy atom. The van der Waals surface area contributed by atoms with Crippen molar-refractivity contribution >= 4 is 11.8 Å². The maximum absolute atomic E-state index is 12.0. The first kappa shape index (κ1) is 18.2. The van der Waals surface area contributed by atoms with Crippen molar-refractivity contribution in [3.8, 4) is 0 Å². The van der Waals surface area contributed by atoms with E-state index in [-0.39, 0.29) is 29.8 Å². The van der Waals surface area contributed by atoms with Gasteiger partial charge in [0.2, 0.25) is 5.91 Å². The van der Waals surface area contributed by atoms with E-state index in [1.54, 1.807) is 12.1 Å². The summed E-state index contributed by atoms with van der Waals surface area (Å²) in [5.74, 6) is -0.376. The maximum atomic E-state index is 12.0. The molecule has 0 aliphatic heterocycles. The van der Waals surface area contributed by atoms with Gasteiger partial charge in [-0.05, 0) is 36.5 Å². The molecule has 4 heteroatoms. The summed E-state index contributed by atoms with van der Waals surface area (Å²) in [5.41, 5.74) is 1.81. The molecule has 0 heterocycles. The van der Waals surface area contributed by atoms with Crippen LogP contribution in [0.15, 0.2) is 24.3 Å². The molecule has 0 fully saturated rings. The Morgan fingerprint density at radius 3 is 2.23 bits per heavy atom. The fraction of sp³-hybridized carbons (Fsp3) is 0.556. The summed E-state index contributed by atoms with van der Waals surface area (Å²) in [6.07, 6.45) is 1.96. The Morgan fingerprint density at radius 1 is 1.14 bits per heavy atom. The second-order valence-electron chi connectivity index (χ2n) is 6.77. The lowest BCUT2D eigenvalue weighted by Gasteiger charge is -2.19. The van der Waals surface area contributed by atoms with Crippen molar-refractivity contribution in [2.45, 2.75) is 58.9 Å². The Hall–Kier alpha value is -1.84. The van der Waals surface area contributed by atoms with E-state index in [1.807, 2.05) is 19.1 Å². The van der Waals surface area contributed by atoms with Crippen molar-refractivity contribution in [1.82, 2.24) is 10.6 Å². The van der Waals surface area contributed by atoms with Crippen LogP contribution < -0.4 is 10.6 Å². The number of hydrogen-bond donors (Lipinski definition) is 2.